The van der Waals surface area contributed by atoms with Crippen LogP contribution in [0.5, 0.6) is 0 Å². The van der Waals surface area contributed by atoms with Gasteiger partial charge in [0.05, 0.1) is 13.2 Å². The quantitative estimate of drug-likeness (QED) is 0.644. The highest BCUT2D eigenvalue weighted by molar-refractivity contribution is 5.83. The number of carbonyl (C=O) groups excluding carboxylic acids is 1. The summed E-state index contributed by atoms with van der Waals surface area (Å²) in [6.45, 7) is 7.26. The zero-order valence-corrected chi connectivity index (χ0v) is 12.9. The second-order valence-corrected chi connectivity index (χ2v) is 4.85. The summed E-state index contributed by atoms with van der Waals surface area (Å²) in [6.07, 6.45) is 1.25. The normalized spacial score (nSPS) is 18.0. The summed E-state index contributed by atoms with van der Waals surface area (Å²) >= 11 is 0. The number of nitrogens with zero attached hydrogens (tertiary/aromatic N) is 2. The number of urea groups is 1. The molecule has 7 heteroatoms. The van der Waals surface area contributed by atoms with E-state index in [2.05, 4.69) is 0 Å². The fourth-order valence-corrected chi connectivity index (χ4v) is 2.38. The maximum atomic E-state index is 12.5. The lowest BCUT2D eigenvalue weighted by molar-refractivity contribution is -0.141. The van der Waals surface area contributed by atoms with Crippen molar-refractivity contribution in [2.45, 2.75) is 32.7 Å². The average molecular weight is 302 g/mol. The number of hydrogen-bond donors (Lipinski definition) is 1. The molecule has 0 radical (unpaired) electrons. The van der Waals surface area contributed by atoms with Gasteiger partial charge < -0.3 is 24.4 Å². The Morgan fingerprint density at radius 3 is 2.24 bits per heavy atom. The molecule has 21 heavy (non-hydrogen) atoms. The molecule has 1 atom stereocenters. The van der Waals surface area contributed by atoms with Crippen LogP contribution in [0.25, 0.3) is 0 Å². The predicted octanol–water partition coefficient (Wildman–Crippen LogP) is 1.03. The molecule has 0 aromatic rings. The van der Waals surface area contributed by atoms with Crippen LogP contribution in [-0.2, 0) is 14.3 Å². The smallest absolute Gasteiger partial charge is 0.326 e. The molecular formula is C14H26N2O5. The highest BCUT2D eigenvalue weighted by atomic mass is 16.5. The van der Waals surface area contributed by atoms with Gasteiger partial charge in [-0.15, -0.1) is 0 Å². The third kappa shape index (κ3) is 5.51. The zero-order chi connectivity index (χ0) is 15.7. The molecule has 0 unspecified atom stereocenters. The van der Waals surface area contributed by atoms with Crippen LogP contribution in [0.3, 0.4) is 0 Å². The van der Waals surface area contributed by atoms with Gasteiger partial charge in [-0.2, -0.15) is 0 Å². The topological polar surface area (TPSA) is 79.3 Å². The van der Waals surface area contributed by atoms with Crippen LogP contribution in [-0.4, -0.2) is 79.0 Å². The van der Waals surface area contributed by atoms with Gasteiger partial charge in [0.25, 0.3) is 0 Å². The van der Waals surface area contributed by atoms with E-state index in [1.165, 1.54) is 4.90 Å². The molecule has 1 saturated heterocycles. The van der Waals surface area contributed by atoms with E-state index in [0.29, 0.717) is 52.5 Å². The molecule has 1 aliphatic heterocycles. The molecule has 0 aromatic carbocycles. The van der Waals surface area contributed by atoms with E-state index >= 15 is 0 Å². The molecule has 0 aromatic heterocycles. The summed E-state index contributed by atoms with van der Waals surface area (Å²) < 4.78 is 10.6. The van der Waals surface area contributed by atoms with Crippen LogP contribution in [0.15, 0.2) is 0 Å². The molecule has 7 nitrogen and oxygen atoms in total. The largest absolute Gasteiger partial charge is 0.480 e. The summed E-state index contributed by atoms with van der Waals surface area (Å²) in [5.41, 5.74) is 0. The Kier molecular flexibility index (Phi) is 8.07. The van der Waals surface area contributed by atoms with Gasteiger partial charge in [0.15, 0.2) is 0 Å². The van der Waals surface area contributed by atoms with Crippen LogP contribution in [0.2, 0.25) is 0 Å². The van der Waals surface area contributed by atoms with Gasteiger partial charge in [-0.3, -0.25) is 0 Å². The Morgan fingerprint density at radius 1 is 1.19 bits per heavy atom. The van der Waals surface area contributed by atoms with E-state index in [1.54, 1.807) is 4.90 Å². The van der Waals surface area contributed by atoms with Crippen LogP contribution >= 0.6 is 0 Å². The summed E-state index contributed by atoms with van der Waals surface area (Å²) in [4.78, 5) is 26.8. The van der Waals surface area contributed by atoms with Crippen LogP contribution in [0, 0.1) is 0 Å². The van der Waals surface area contributed by atoms with Crippen molar-refractivity contribution in [2.24, 2.45) is 0 Å². The first-order chi connectivity index (χ1) is 10.1. The average Bonchev–Trinajstić information content (AvgIpc) is 2.95. The number of ether oxygens (including phenoxy) is 2. The molecule has 1 rings (SSSR count). The third-order valence-electron chi connectivity index (χ3n) is 3.47. The molecule has 1 heterocycles. The number of likely N-dealkylation sites (tertiary alicyclic amines) is 1. The number of hydrogen-bond acceptors (Lipinski definition) is 4. The SMILES string of the molecule is CCOCCN(CCOCC)C(=O)N1CCC[C@H]1C(=O)O. The van der Waals surface area contributed by atoms with E-state index in [-0.39, 0.29) is 6.03 Å². The second-order valence-electron chi connectivity index (χ2n) is 4.85. The maximum absolute atomic E-state index is 12.5. The van der Waals surface area contributed by atoms with Gasteiger partial charge in [0, 0.05) is 32.8 Å². The van der Waals surface area contributed by atoms with Crippen molar-refractivity contribution in [1.82, 2.24) is 9.80 Å². The van der Waals surface area contributed by atoms with Gasteiger partial charge in [0.2, 0.25) is 0 Å². The summed E-state index contributed by atoms with van der Waals surface area (Å²) in [6, 6.07) is -0.946. The van der Waals surface area contributed by atoms with Gasteiger partial charge in [-0.1, -0.05) is 0 Å². The number of aliphatic carboxylic acids is 1. The Morgan fingerprint density at radius 2 is 1.76 bits per heavy atom. The lowest BCUT2D eigenvalue weighted by Crippen LogP contribution is -2.49. The van der Waals surface area contributed by atoms with Crippen LogP contribution < -0.4 is 0 Å². The number of carbonyl (C=O) groups is 2. The molecule has 0 aliphatic carbocycles. The van der Waals surface area contributed by atoms with Crippen molar-refractivity contribution >= 4 is 12.0 Å². The van der Waals surface area contributed by atoms with E-state index in [9.17, 15) is 14.7 Å². The van der Waals surface area contributed by atoms with Crippen molar-refractivity contribution < 1.29 is 24.2 Å². The highest BCUT2D eigenvalue weighted by Crippen LogP contribution is 2.19. The number of carboxylic acid groups (broad SMARTS) is 1. The molecular weight excluding hydrogens is 276 g/mol. The Bertz CT molecular complexity index is 327. The molecule has 1 fully saturated rings. The van der Waals surface area contributed by atoms with Crippen molar-refractivity contribution in [3.05, 3.63) is 0 Å². The molecule has 0 saturated carbocycles. The molecule has 1 aliphatic rings. The van der Waals surface area contributed by atoms with Crippen molar-refractivity contribution in [3.8, 4) is 0 Å². The Hall–Kier alpha value is -1.34. The summed E-state index contributed by atoms with van der Waals surface area (Å²) in [5.74, 6) is -0.935. The first kappa shape index (κ1) is 17.7. The van der Waals surface area contributed by atoms with Crippen molar-refractivity contribution in [2.75, 3.05) is 46.1 Å². The number of amides is 2. The second kappa shape index (κ2) is 9.57. The summed E-state index contributed by atoms with van der Waals surface area (Å²) in [7, 11) is 0. The van der Waals surface area contributed by atoms with Gasteiger partial charge in [-0.05, 0) is 26.7 Å². The van der Waals surface area contributed by atoms with Gasteiger partial charge >= 0.3 is 12.0 Å². The first-order valence-electron chi connectivity index (χ1n) is 7.55. The fourth-order valence-electron chi connectivity index (χ4n) is 2.38. The fraction of sp³-hybridized carbons (Fsp3) is 0.857. The van der Waals surface area contributed by atoms with E-state index in [1.807, 2.05) is 13.8 Å². The van der Waals surface area contributed by atoms with Crippen LogP contribution in [0.1, 0.15) is 26.7 Å². The van der Waals surface area contributed by atoms with E-state index in [0.717, 1.165) is 6.42 Å². The zero-order valence-electron chi connectivity index (χ0n) is 12.9. The first-order valence-corrected chi connectivity index (χ1v) is 7.55. The summed E-state index contributed by atoms with van der Waals surface area (Å²) in [5, 5.41) is 9.18. The maximum Gasteiger partial charge on any atom is 0.326 e. The predicted molar refractivity (Wildman–Crippen MR) is 77.3 cm³/mol. The number of rotatable bonds is 9. The molecule has 2 amide bonds. The standard InChI is InChI=1S/C14H26N2O5/c1-3-20-10-8-15(9-11-21-4-2)14(19)16-7-5-6-12(16)13(17)18/h12H,3-11H2,1-2H3,(H,17,18)/t12-/m0/s1. The van der Waals surface area contributed by atoms with Crippen molar-refractivity contribution in [1.29, 1.82) is 0 Å². The minimum Gasteiger partial charge on any atom is -0.480 e. The Labute approximate surface area is 125 Å². The lowest BCUT2D eigenvalue weighted by atomic mass is 10.2. The van der Waals surface area contributed by atoms with E-state index < -0.39 is 12.0 Å². The minimum absolute atomic E-state index is 0.237. The van der Waals surface area contributed by atoms with Gasteiger partial charge in [0.1, 0.15) is 6.04 Å². The van der Waals surface area contributed by atoms with Crippen molar-refractivity contribution in [3.63, 3.8) is 0 Å². The molecule has 122 valence electrons. The number of carboxylic acids is 1. The van der Waals surface area contributed by atoms with Crippen LogP contribution in [0.4, 0.5) is 4.79 Å². The van der Waals surface area contributed by atoms with Gasteiger partial charge in [-0.25, -0.2) is 9.59 Å². The molecule has 0 bridgehead atoms. The highest BCUT2D eigenvalue weighted by Gasteiger charge is 2.36. The molecule has 1 N–H and O–H groups in total. The lowest BCUT2D eigenvalue weighted by Gasteiger charge is -2.30. The third-order valence-corrected chi connectivity index (χ3v) is 3.47. The molecule has 0 spiro atoms. The minimum atomic E-state index is -0.935. The Balaban J connectivity index is 2.61. The monoisotopic (exact) mass is 302 g/mol. The van der Waals surface area contributed by atoms with E-state index in [4.69, 9.17) is 9.47 Å².